The van der Waals surface area contributed by atoms with Crippen molar-refractivity contribution in [1.29, 1.82) is 0 Å². The van der Waals surface area contributed by atoms with Gasteiger partial charge in [0, 0.05) is 12.6 Å². The van der Waals surface area contributed by atoms with Crippen LogP contribution in [0.25, 0.3) is 0 Å². The minimum atomic E-state index is 0.656. The van der Waals surface area contributed by atoms with E-state index in [0.29, 0.717) is 11.5 Å². The van der Waals surface area contributed by atoms with Crippen molar-refractivity contribution in [2.24, 2.45) is 5.41 Å². The Balaban J connectivity index is 2.31. The second kappa shape index (κ2) is 4.99. The van der Waals surface area contributed by atoms with Crippen LogP contribution in [0.3, 0.4) is 0 Å². The molecule has 0 aliphatic heterocycles. The van der Waals surface area contributed by atoms with Gasteiger partial charge in [0.05, 0.1) is 0 Å². The lowest BCUT2D eigenvalue weighted by atomic mass is 9.83. The molecular formula is C12H25N. The summed E-state index contributed by atoms with van der Waals surface area (Å²) in [5.74, 6) is 0. The van der Waals surface area contributed by atoms with Gasteiger partial charge < -0.3 is 5.32 Å². The van der Waals surface area contributed by atoms with E-state index in [2.05, 4.69) is 26.1 Å². The third-order valence-electron chi connectivity index (χ3n) is 3.85. The van der Waals surface area contributed by atoms with E-state index in [0.717, 1.165) is 0 Å². The van der Waals surface area contributed by atoms with Crippen LogP contribution >= 0.6 is 0 Å². The Morgan fingerprint density at radius 2 is 1.85 bits per heavy atom. The van der Waals surface area contributed by atoms with Gasteiger partial charge in [0.15, 0.2) is 0 Å². The zero-order valence-corrected chi connectivity index (χ0v) is 9.53. The lowest BCUT2D eigenvalue weighted by Gasteiger charge is -2.29. The lowest BCUT2D eigenvalue weighted by Crippen LogP contribution is -2.36. The standard InChI is InChI=1S/C12H25N/c1-4-11(3)13-10-12(5-2)8-6-7-9-12/h11,13H,4-10H2,1-3H3. The Hall–Kier alpha value is -0.0400. The zero-order chi connectivity index (χ0) is 9.73. The van der Waals surface area contributed by atoms with Crippen molar-refractivity contribution in [2.75, 3.05) is 6.54 Å². The third kappa shape index (κ3) is 2.98. The molecule has 0 aromatic rings. The maximum absolute atomic E-state index is 3.67. The predicted octanol–water partition coefficient (Wildman–Crippen LogP) is 3.34. The van der Waals surface area contributed by atoms with E-state index >= 15 is 0 Å². The second-order valence-electron chi connectivity index (χ2n) is 4.75. The average Bonchev–Trinajstić information content (AvgIpc) is 2.63. The minimum Gasteiger partial charge on any atom is -0.314 e. The SMILES string of the molecule is CCC(C)NCC1(CC)CCCC1. The van der Waals surface area contributed by atoms with E-state index in [9.17, 15) is 0 Å². The molecule has 13 heavy (non-hydrogen) atoms. The van der Waals surface area contributed by atoms with Gasteiger partial charge in [-0.05, 0) is 38.0 Å². The van der Waals surface area contributed by atoms with Crippen LogP contribution in [0.4, 0.5) is 0 Å². The van der Waals surface area contributed by atoms with Crippen LogP contribution in [0.15, 0.2) is 0 Å². The molecule has 1 nitrogen and oxygen atoms in total. The van der Waals surface area contributed by atoms with Crippen molar-refractivity contribution in [1.82, 2.24) is 5.32 Å². The van der Waals surface area contributed by atoms with Crippen LogP contribution in [-0.4, -0.2) is 12.6 Å². The average molecular weight is 183 g/mol. The van der Waals surface area contributed by atoms with Crippen LogP contribution in [0.1, 0.15) is 59.3 Å². The molecule has 0 heterocycles. The predicted molar refractivity (Wildman–Crippen MR) is 58.9 cm³/mol. The van der Waals surface area contributed by atoms with Gasteiger partial charge in [0.25, 0.3) is 0 Å². The van der Waals surface area contributed by atoms with E-state index in [4.69, 9.17) is 0 Å². The van der Waals surface area contributed by atoms with E-state index < -0.39 is 0 Å². The second-order valence-corrected chi connectivity index (χ2v) is 4.75. The molecule has 1 aliphatic carbocycles. The van der Waals surface area contributed by atoms with Crippen LogP contribution in [0.5, 0.6) is 0 Å². The summed E-state index contributed by atoms with van der Waals surface area (Å²) >= 11 is 0. The Bertz CT molecular complexity index is 136. The number of hydrogen-bond donors (Lipinski definition) is 1. The summed E-state index contributed by atoms with van der Waals surface area (Å²) in [6.45, 7) is 8.14. The first-order chi connectivity index (χ1) is 6.22. The molecule has 0 aromatic carbocycles. The Kier molecular flexibility index (Phi) is 4.24. The number of rotatable bonds is 5. The molecule has 1 fully saturated rings. The fourth-order valence-corrected chi connectivity index (χ4v) is 2.32. The monoisotopic (exact) mass is 183 g/mol. The Morgan fingerprint density at radius 1 is 1.23 bits per heavy atom. The summed E-state index contributed by atoms with van der Waals surface area (Å²) < 4.78 is 0. The van der Waals surface area contributed by atoms with Crippen molar-refractivity contribution in [2.45, 2.75) is 65.3 Å². The summed E-state index contributed by atoms with van der Waals surface area (Å²) in [5, 5.41) is 3.67. The zero-order valence-electron chi connectivity index (χ0n) is 9.53. The van der Waals surface area contributed by atoms with Crippen molar-refractivity contribution in [3.05, 3.63) is 0 Å². The van der Waals surface area contributed by atoms with Crippen LogP contribution in [-0.2, 0) is 0 Å². The molecule has 1 N–H and O–H groups in total. The molecule has 0 saturated heterocycles. The molecule has 1 heteroatoms. The van der Waals surface area contributed by atoms with Gasteiger partial charge in [-0.2, -0.15) is 0 Å². The van der Waals surface area contributed by atoms with Gasteiger partial charge >= 0.3 is 0 Å². The molecule has 0 amide bonds. The van der Waals surface area contributed by atoms with Gasteiger partial charge in [-0.25, -0.2) is 0 Å². The maximum atomic E-state index is 3.67. The molecule has 1 rings (SSSR count). The van der Waals surface area contributed by atoms with E-state index in [1.807, 2.05) is 0 Å². The van der Waals surface area contributed by atoms with Gasteiger partial charge in [-0.15, -0.1) is 0 Å². The fourth-order valence-electron chi connectivity index (χ4n) is 2.32. The summed E-state index contributed by atoms with van der Waals surface area (Å²) in [5.41, 5.74) is 0.656. The van der Waals surface area contributed by atoms with Gasteiger partial charge in [-0.1, -0.05) is 26.7 Å². The third-order valence-corrected chi connectivity index (χ3v) is 3.85. The smallest absolute Gasteiger partial charge is 0.00363 e. The summed E-state index contributed by atoms with van der Waals surface area (Å²) in [6.07, 6.45) is 8.42. The molecule has 1 atom stereocenters. The molecule has 1 aliphatic rings. The highest BCUT2D eigenvalue weighted by Crippen LogP contribution is 2.40. The number of nitrogens with one attached hydrogen (secondary N) is 1. The van der Waals surface area contributed by atoms with E-state index in [1.165, 1.54) is 45.1 Å². The molecule has 0 spiro atoms. The molecular weight excluding hydrogens is 158 g/mol. The Labute approximate surface area is 83.3 Å². The van der Waals surface area contributed by atoms with E-state index in [-0.39, 0.29) is 0 Å². The summed E-state index contributed by atoms with van der Waals surface area (Å²) in [4.78, 5) is 0. The van der Waals surface area contributed by atoms with Crippen molar-refractivity contribution in [3.8, 4) is 0 Å². The van der Waals surface area contributed by atoms with Gasteiger partial charge in [-0.3, -0.25) is 0 Å². The topological polar surface area (TPSA) is 12.0 Å². The maximum Gasteiger partial charge on any atom is 0.00363 e. The first-order valence-electron chi connectivity index (χ1n) is 5.96. The fraction of sp³-hybridized carbons (Fsp3) is 1.00. The minimum absolute atomic E-state index is 0.656. The molecule has 0 aromatic heterocycles. The summed E-state index contributed by atoms with van der Waals surface area (Å²) in [6, 6.07) is 0.698. The van der Waals surface area contributed by atoms with Crippen molar-refractivity contribution < 1.29 is 0 Å². The van der Waals surface area contributed by atoms with Crippen molar-refractivity contribution >= 4 is 0 Å². The Morgan fingerprint density at radius 3 is 2.31 bits per heavy atom. The lowest BCUT2D eigenvalue weighted by molar-refractivity contribution is 0.257. The first kappa shape index (κ1) is 11.0. The van der Waals surface area contributed by atoms with E-state index in [1.54, 1.807) is 0 Å². The molecule has 1 unspecified atom stereocenters. The largest absolute Gasteiger partial charge is 0.314 e. The molecule has 0 bridgehead atoms. The molecule has 78 valence electrons. The highest BCUT2D eigenvalue weighted by atomic mass is 14.9. The van der Waals surface area contributed by atoms with Crippen LogP contribution < -0.4 is 5.32 Å². The van der Waals surface area contributed by atoms with Crippen LogP contribution in [0.2, 0.25) is 0 Å². The van der Waals surface area contributed by atoms with Gasteiger partial charge in [0.2, 0.25) is 0 Å². The normalized spacial score (nSPS) is 23.3. The molecule has 1 saturated carbocycles. The summed E-state index contributed by atoms with van der Waals surface area (Å²) in [7, 11) is 0. The highest BCUT2D eigenvalue weighted by Gasteiger charge is 2.31. The van der Waals surface area contributed by atoms with Crippen LogP contribution in [0, 0.1) is 5.41 Å². The van der Waals surface area contributed by atoms with Gasteiger partial charge in [0.1, 0.15) is 0 Å². The highest BCUT2D eigenvalue weighted by molar-refractivity contribution is 4.86. The van der Waals surface area contributed by atoms with Crippen molar-refractivity contribution in [3.63, 3.8) is 0 Å². The first-order valence-corrected chi connectivity index (χ1v) is 5.96. The molecule has 0 radical (unpaired) electrons. The number of hydrogen-bond acceptors (Lipinski definition) is 1. The quantitative estimate of drug-likeness (QED) is 0.689.